The molecule has 0 heterocycles. The van der Waals surface area contributed by atoms with Gasteiger partial charge in [0.05, 0.1) is 10.3 Å². The number of anilines is 1. The van der Waals surface area contributed by atoms with Crippen LogP contribution in [0.15, 0.2) is 12.1 Å². The molecule has 20 heavy (non-hydrogen) atoms. The Morgan fingerprint density at radius 2 is 1.75 bits per heavy atom. The molecular weight excluding hydrogens is 292 g/mol. The Kier molecular flexibility index (Phi) is 4.38. The van der Waals surface area contributed by atoms with E-state index in [1.54, 1.807) is 0 Å². The molecule has 0 saturated heterocycles. The smallest absolute Gasteiger partial charge is 0.335 e. The van der Waals surface area contributed by atoms with Gasteiger partial charge < -0.3 is 10.4 Å². The minimum Gasteiger partial charge on any atom is -0.478 e. The molecule has 0 bridgehead atoms. The maximum atomic E-state index is 13.6. The molecule has 0 amide bonds. The number of carboxylic acids is 1. The summed E-state index contributed by atoms with van der Waals surface area (Å²) in [6.45, 7) is 2.61. The largest absolute Gasteiger partial charge is 0.478 e. The quantitative estimate of drug-likeness (QED) is 0.868. The van der Waals surface area contributed by atoms with Crippen LogP contribution in [0.1, 0.15) is 24.2 Å². The molecular formula is C12H15F2NO4S. The van der Waals surface area contributed by atoms with Gasteiger partial charge in [0.1, 0.15) is 17.3 Å². The molecule has 0 fully saturated rings. The maximum Gasteiger partial charge on any atom is 0.335 e. The number of carbonyl (C=O) groups is 1. The number of benzene rings is 1. The number of rotatable bonds is 5. The zero-order valence-electron chi connectivity index (χ0n) is 11.2. The van der Waals surface area contributed by atoms with E-state index in [9.17, 15) is 22.0 Å². The van der Waals surface area contributed by atoms with Crippen molar-refractivity contribution in [2.75, 3.05) is 18.1 Å². The minimum absolute atomic E-state index is 0.216. The van der Waals surface area contributed by atoms with E-state index in [-0.39, 0.29) is 6.54 Å². The van der Waals surface area contributed by atoms with Crippen molar-refractivity contribution in [3.63, 3.8) is 0 Å². The number of hydrogen-bond acceptors (Lipinski definition) is 4. The zero-order chi connectivity index (χ0) is 15.7. The van der Waals surface area contributed by atoms with Gasteiger partial charge in [-0.15, -0.1) is 0 Å². The molecule has 0 unspecified atom stereocenters. The second-order valence-electron chi connectivity index (χ2n) is 5.01. The lowest BCUT2D eigenvalue weighted by Gasteiger charge is -2.23. The van der Waals surface area contributed by atoms with Crippen LogP contribution in [0, 0.1) is 11.6 Å². The summed E-state index contributed by atoms with van der Waals surface area (Å²) in [7, 11) is -3.42. The van der Waals surface area contributed by atoms with Gasteiger partial charge in [-0.05, 0) is 26.0 Å². The van der Waals surface area contributed by atoms with E-state index in [1.807, 2.05) is 0 Å². The predicted molar refractivity (Wildman–Crippen MR) is 70.7 cm³/mol. The Morgan fingerprint density at radius 1 is 1.30 bits per heavy atom. The number of carboxylic acid groups (broad SMARTS) is 1. The van der Waals surface area contributed by atoms with Crippen molar-refractivity contribution < 1.29 is 27.1 Å². The molecule has 1 aromatic rings. The van der Waals surface area contributed by atoms with E-state index in [1.165, 1.54) is 13.8 Å². The van der Waals surface area contributed by atoms with Gasteiger partial charge in [0, 0.05) is 12.8 Å². The monoisotopic (exact) mass is 307 g/mol. The fourth-order valence-electron chi connectivity index (χ4n) is 1.30. The third-order valence-corrected chi connectivity index (χ3v) is 5.14. The molecule has 5 nitrogen and oxygen atoms in total. The third kappa shape index (κ3) is 3.44. The fraction of sp³-hybridized carbons (Fsp3) is 0.417. The molecule has 2 N–H and O–H groups in total. The van der Waals surface area contributed by atoms with Crippen LogP contribution in [0.2, 0.25) is 0 Å². The van der Waals surface area contributed by atoms with Gasteiger partial charge in [-0.2, -0.15) is 0 Å². The number of sulfone groups is 1. The third-order valence-electron chi connectivity index (χ3n) is 2.98. The van der Waals surface area contributed by atoms with E-state index in [2.05, 4.69) is 5.32 Å². The first kappa shape index (κ1) is 16.4. The van der Waals surface area contributed by atoms with Crippen LogP contribution < -0.4 is 5.32 Å². The maximum absolute atomic E-state index is 13.6. The first-order valence-electron chi connectivity index (χ1n) is 5.61. The van der Waals surface area contributed by atoms with Crippen molar-refractivity contribution in [3.8, 4) is 0 Å². The number of halogens is 2. The second-order valence-corrected chi connectivity index (χ2v) is 7.65. The second kappa shape index (κ2) is 5.35. The van der Waals surface area contributed by atoms with E-state index >= 15 is 0 Å². The van der Waals surface area contributed by atoms with Crippen LogP contribution in [-0.4, -0.2) is 37.0 Å². The minimum atomic E-state index is -3.42. The van der Waals surface area contributed by atoms with Crippen LogP contribution >= 0.6 is 0 Å². The van der Waals surface area contributed by atoms with Crippen molar-refractivity contribution >= 4 is 21.5 Å². The van der Waals surface area contributed by atoms with Gasteiger partial charge in [0.25, 0.3) is 0 Å². The molecule has 1 rings (SSSR count). The summed E-state index contributed by atoms with van der Waals surface area (Å²) in [6.07, 6.45) is 1.02. The van der Waals surface area contributed by atoms with Crippen LogP contribution in [0.4, 0.5) is 14.5 Å². The number of nitrogens with one attached hydrogen (secondary N) is 1. The summed E-state index contributed by atoms with van der Waals surface area (Å²) in [6, 6.07) is 1.34. The molecule has 0 atom stereocenters. The summed E-state index contributed by atoms with van der Waals surface area (Å²) in [5, 5.41) is 11.0. The van der Waals surface area contributed by atoms with Crippen molar-refractivity contribution in [2.24, 2.45) is 0 Å². The summed E-state index contributed by atoms with van der Waals surface area (Å²) >= 11 is 0. The average molecular weight is 307 g/mol. The van der Waals surface area contributed by atoms with Gasteiger partial charge in [-0.3, -0.25) is 0 Å². The Morgan fingerprint density at radius 3 is 2.10 bits per heavy atom. The lowest BCUT2D eigenvalue weighted by Crippen LogP contribution is -2.38. The van der Waals surface area contributed by atoms with Crippen LogP contribution in [0.25, 0.3) is 0 Å². The van der Waals surface area contributed by atoms with Crippen molar-refractivity contribution in [1.29, 1.82) is 0 Å². The highest BCUT2D eigenvalue weighted by atomic mass is 32.2. The SMILES string of the molecule is CC(C)(CNc1c(F)cc(C(=O)O)cc1F)S(C)(=O)=O. The lowest BCUT2D eigenvalue weighted by molar-refractivity contribution is 0.0695. The van der Waals surface area contributed by atoms with Gasteiger partial charge in [0.2, 0.25) is 0 Å². The van der Waals surface area contributed by atoms with Gasteiger partial charge in [-0.25, -0.2) is 22.0 Å². The van der Waals surface area contributed by atoms with E-state index in [0.717, 1.165) is 6.26 Å². The Labute approximate surface area is 115 Å². The first-order chi connectivity index (χ1) is 8.95. The van der Waals surface area contributed by atoms with E-state index in [0.29, 0.717) is 12.1 Å². The predicted octanol–water partition coefficient (Wildman–Crippen LogP) is 1.90. The van der Waals surface area contributed by atoms with Crippen molar-refractivity contribution in [2.45, 2.75) is 18.6 Å². The normalized spacial score (nSPS) is 12.2. The summed E-state index contributed by atoms with van der Waals surface area (Å²) < 4.78 is 49.0. The molecule has 0 aromatic heterocycles. The zero-order valence-corrected chi connectivity index (χ0v) is 12.0. The number of hydrogen-bond donors (Lipinski definition) is 2. The molecule has 0 aliphatic rings. The highest BCUT2D eigenvalue weighted by Gasteiger charge is 2.30. The summed E-state index contributed by atoms with van der Waals surface area (Å²) in [5.41, 5.74) is -1.07. The Hall–Kier alpha value is -1.70. The molecule has 0 aliphatic carbocycles. The van der Waals surface area contributed by atoms with E-state index in [4.69, 9.17) is 5.11 Å². The Balaban J connectivity index is 3.04. The highest BCUT2D eigenvalue weighted by molar-refractivity contribution is 7.92. The fourth-order valence-corrected chi connectivity index (χ4v) is 1.63. The summed E-state index contributed by atoms with van der Waals surface area (Å²) in [5.74, 6) is -3.63. The van der Waals surface area contributed by atoms with Crippen molar-refractivity contribution in [1.82, 2.24) is 0 Å². The molecule has 0 spiro atoms. The van der Waals surface area contributed by atoms with Crippen LogP contribution in [0.5, 0.6) is 0 Å². The molecule has 0 radical (unpaired) electrons. The molecule has 0 saturated carbocycles. The molecule has 1 aromatic carbocycles. The molecule has 112 valence electrons. The number of aromatic carboxylic acids is 1. The van der Waals surface area contributed by atoms with Crippen LogP contribution in [-0.2, 0) is 9.84 Å². The van der Waals surface area contributed by atoms with Gasteiger partial charge in [-0.1, -0.05) is 0 Å². The first-order valence-corrected chi connectivity index (χ1v) is 7.50. The lowest BCUT2D eigenvalue weighted by atomic mass is 10.1. The standard InChI is InChI=1S/C12H15F2NO4S/c1-12(2,20(3,18)19)6-15-10-8(13)4-7(11(16)17)5-9(10)14/h4-5,15H,6H2,1-3H3,(H,16,17). The topological polar surface area (TPSA) is 83.5 Å². The Bertz CT molecular complexity index is 618. The van der Waals surface area contributed by atoms with Crippen molar-refractivity contribution in [3.05, 3.63) is 29.3 Å². The molecule has 8 heteroatoms. The van der Waals surface area contributed by atoms with Gasteiger partial charge >= 0.3 is 5.97 Å². The average Bonchev–Trinajstić information content (AvgIpc) is 2.25. The summed E-state index contributed by atoms with van der Waals surface area (Å²) in [4.78, 5) is 10.6. The highest BCUT2D eigenvalue weighted by Crippen LogP contribution is 2.23. The van der Waals surface area contributed by atoms with Crippen LogP contribution in [0.3, 0.4) is 0 Å². The molecule has 0 aliphatic heterocycles. The van der Waals surface area contributed by atoms with E-state index < -0.39 is 43.4 Å². The van der Waals surface area contributed by atoms with Gasteiger partial charge in [0.15, 0.2) is 9.84 Å².